The number of hydrogen-bond donors (Lipinski definition) is 0. The third kappa shape index (κ3) is 5.96. The monoisotopic (exact) mass is 428 g/mol. The zero-order valence-electron chi connectivity index (χ0n) is 15.9. The zero-order chi connectivity index (χ0) is 20.6. The molecule has 2 aromatic rings. The largest absolute Gasteiger partial charge is 0.337 e. The number of carbonyl (C=O) groups is 2. The van der Waals surface area contributed by atoms with Gasteiger partial charge in [0.05, 0.1) is 0 Å². The van der Waals surface area contributed by atoms with Crippen LogP contribution in [0.3, 0.4) is 0 Å². The Hall–Kier alpha value is -2.56. The summed E-state index contributed by atoms with van der Waals surface area (Å²) in [6.07, 6.45) is 7.26. The van der Waals surface area contributed by atoms with Crippen molar-refractivity contribution < 1.29 is 9.59 Å². The van der Waals surface area contributed by atoms with E-state index >= 15 is 0 Å². The summed E-state index contributed by atoms with van der Waals surface area (Å²) in [5.41, 5.74) is 1.61. The SMILES string of the molecule is O=C(/C=C\c1ccccc1Cl)N1CCCN(C(=O)/C=C/c2ccccc2Cl)CC1. The Labute approximate surface area is 181 Å². The Morgan fingerprint density at radius 2 is 1.10 bits per heavy atom. The third-order valence-electron chi connectivity index (χ3n) is 4.74. The lowest BCUT2D eigenvalue weighted by Crippen LogP contribution is -2.36. The minimum Gasteiger partial charge on any atom is -0.337 e. The van der Waals surface area contributed by atoms with Crippen LogP contribution in [-0.2, 0) is 9.59 Å². The molecule has 0 atom stereocenters. The first-order chi connectivity index (χ1) is 14.0. The van der Waals surface area contributed by atoms with Crippen LogP contribution >= 0.6 is 23.2 Å². The number of halogens is 2. The number of hydrogen-bond acceptors (Lipinski definition) is 2. The normalized spacial score (nSPS) is 15.1. The number of carbonyl (C=O) groups excluding carboxylic acids is 2. The maximum atomic E-state index is 12.5. The summed E-state index contributed by atoms with van der Waals surface area (Å²) < 4.78 is 0. The first-order valence-corrected chi connectivity index (χ1v) is 10.2. The fraction of sp³-hybridized carbons (Fsp3) is 0.217. The van der Waals surface area contributed by atoms with Crippen molar-refractivity contribution in [3.05, 3.63) is 81.9 Å². The fourth-order valence-electron chi connectivity index (χ4n) is 3.11. The molecule has 2 aromatic carbocycles. The van der Waals surface area contributed by atoms with Gasteiger partial charge in [-0.2, -0.15) is 0 Å². The predicted octanol–water partition coefficient (Wildman–Crippen LogP) is 4.78. The number of rotatable bonds is 4. The first kappa shape index (κ1) is 21.2. The molecule has 0 bridgehead atoms. The average molecular weight is 429 g/mol. The lowest BCUT2D eigenvalue weighted by molar-refractivity contribution is -0.128. The maximum absolute atomic E-state index is 12.5. The summed E-state index contributed by atoms with van der Waals surface area (Å²) in [6, 6.07) is 14.8. The minimum atomic E-state index is -0.0779. The molecule has 2 amide bonds. The Morgan fingerprint density at radius 1 is 0.690 bits per heavy atom. The number of amides is 2. The number of benzene rings is 2. The summed E-state index contributed by atoms with van der Waals surface area (Å²) in [7, 11) is 0. The van der Waals surface area contributed by atoms with Crippen molar-refractivity contribution in [2.75, 3.05) is 26.2 Å². The van der Waals surface area contributed by atoms with Crippen molar-refractivity contribution in [1.82, 2.24) is 9.80 Å². The van der Waals surface area contributed by atoms with Crippen LogP contribution in [0, 0.1) is 0 Å². The molecule has 0 aliphatic carbocycles. The van der Waals surface area contributed by atoms with Gasteiger partial charge in [0, 0.05) is 48.4 Å². The van der Waals surface area contributed by atoms with Crippen molar-refractivity contribution in [2.45, 2.75) is 6.42 Å². The zero-order valence-corrected chi connectivity index (χ0v) is 17.4. The Balaban J connectivity index is 1.57. The van der Waals surface area contributed by atoms with Crippen LogP contribution in [0.4, 0.5) is 0 Å². The highest BCUT2D eigenvalue weighted by Gasteiger charge is 2.19. The topological polar surface area (TPSA) is 40.6 Å². The van der Waals surface area contributed by atoms with Crippen LogP contribution in [0.1, 0.15) is 17.5 Å². The predicted molar refractivity (Wildman–Crippen MR) is 119 cm³/mol. The van der Waals surface area contributed by atoms with Gasteiger partial charge in [0.25, 0.3) is 0 Å². The molecule has 3 rings (SSSR count). The highest BCUT2D eigenvalue weighted by Crippen LogP contribution is 2.18. The van der Waals surface area contributed by atoms with E-state index in [1.54, 1.807) is 34.1 Å². The summed E-state index contributed by atoms with van der Waals surface area (Å²) >= 11 is 12.2. The van der Waals surface area contributed by atoms with Gasteiger partial charge in [-0.25, -0.2) is 0 Å². The molecule has 1 aliphatic rings. The van der Waals surface area contributed by atoms with E-state index in [-0.39, 0.29) is 11.8 Å². The molecule has 1 saturated heterocycles. The second-order valence-electron chi connectivity index (χ2n) is 6.71. The average Bonchev–Trinajstić information content (AvgIpc) is 2.98. The lowest BCUT2D eigenvalue weighted by atomic mass is 10.2. The van der Waals surface area contributed by atoms with E-state index in [1.165, 1.54) is 12.2 Å². The second kappa shape index (κ2) is 10.3. The third-order valence-corrected chi connectivity index (χ3v) is 5.43. The molecule has 0 unspecified atom stereocenters. The van der Waals surface area contributed by atoms with E-state index < -0.39 is 0 Å². The summed E-state index contributed by atoms with van der Waals surface area (Å²) in [5, 5.41) is 1.21. The van der Waals surface area contributed by atoms with Crippen LogP contribution in [0.25, 0.3) is 12.2 Å². The van der Waals surface area contributed by atoms with E-state index in [9.17, 15) is 9.59 Å². The molecule has 0 aromatic heterocycles. The van der Waals surface area contributed by atoms with Gasteiger partial charge in [0.1, 0.15) is 0 Å². The van der Waals surface area contributed by atoms with Gasteiger partial charge in [-0.05, 0) is 41.8 Å². The molecule has 0 saturated carbocycles. The summed E-state index contributed by atoms with van der Waals surface area (Å²) in [5.74, 6) is -0.156. The molecule has 4 nitrogen and oxygen atoms in total. The molecule has 1 heterocycles. The Bertz CT molecular complexity index is 864. The second-order valence-corrected chi connectivity index (χ2v) is 7.53. The Morgan fingerprint density at radius 3 is 1.52 bits per heavy atom. The lowest BCUT2D eigenvalue weighted by Gasteiger charge is -2.20. The molecule has 1 aliphatic heterocycles. The van der Waals surface area contributed by atoms with Crippen molar-refractivity contribution in [3.63, 3.8) is 0 Å². The van der Waals surface area contributed by atoms with Crippen LogP contribution in [-0.4, -0.2) is 47.8 Å². The van der Waals surface area contributed by atoms with Gasteiger partial charge in [-0.3, -0.25) is 9.59 Å². The summed E-state index contributed by atoms with van der Waals surface area (Å²) in [6.45, 7) is 2.22. The highest BCUT2D eigenvalue weighted by atomic mass is 35.5. The standard InChI is InChI=1S/C23H22Cl2N2O2/c24-20-8-3-1-6-18(20)10-12-22(28)26-14-5-15-27(17-16-26)23(29)13-11-19-7-2-4-9-21(19)25/h1-4,6-13H,5,14-17H2/b12-10-,13-11+. The number of nitrogens with zero attached hydrogens (tertiary/aromatic N) is 2. The molecule has 150 valence electrons. The van der Waals surface area contributed by atoms with Crippen LogP contribution < -0.4 is 0 Å². The van der Waals surface area contributed by atoms with Crippen LogP contribution in [0.5, 0.6) is 0 Å². The molecular weight excluding hydrogens is 407 g/mol. The van der Waals surface area contributed by atoms with Gasteiger partial charge in [0.15, 0.2) is 0 Å². The van der Waals surface area contributed by atoms with E-state index in [2.05, 4.69) is 0 Å². The Kier molecular flexibility index (Phi) is 7.50. The van der Waals surface area contributed by atoms with Crippen molar-refractivity contribution >= 4 is 47.2 Å². The molecule has 0 spiro atoms. The van der Waals surface area contributed by atoms with Gasteiger partial charge >= 0.3 is 0 Å². The van der Waals surface area contributed by atoms with Gasteiger partial charge in [-0.1, -0.05) is 59.6 Å². The van der Waals surface area contributed by atoms with Crippen molar-refractivity contribution in [2.24, 2.45) is 0 Å². The smallest absolute Gasteiger partial charge is 0.246 e. The minimum absolute atomic E-state index is 0.0779. The van der Waals surface area contributed by atoms with Crippen molar-refractivity contribution in [1.29, 1.82) is 0 Å². The molecule has 29 heavy (non-hydrogen) atoms. The molecule has 1 fully saturated rings. The molecular formula is C23H22Cl2N2O2. The van der Waals surface area contributed by atoms with E-state index in [0.29, 0.717) is 36.2 Å². The van der Waals surface area contributed by atoms with Crippen LogP contribution in [0.15, 0.2) is 60.7 Å². The van der Waals surface area contributed by atoms with Gasteiger partial charge in [0.2, 0.25) is 11.8 Å². The van der Waals surface area contributed by atoms with Crippen molar-refractivity contribution in [3.8, 4) is 0 Å². The quantitative estimate of drug-likeness (QED) is 0.657. The molecule has 0 radical (unpaired) electrons. The van der Waals surface area contributed by atoms with E-state index in [1.807, 2.05) is 36.4 Å². The summed E-state index contributed by atoms with van der Waals surface area (Å²) in [4.78, 5) is 28.6. The fourth-order valence-corrected chi connectivity index (χ4v) is 3.51. The van der Waals surface area contributed by atoms with Gasteiger partial charge in [-0.15, -0.1) is 0 Å². The molecule has 0 N–H and O–H groups in total. The first-order valence-electron chi connectivity index (χ1n) is 9.47. The highest BCUT2D eigenvalue weighted by molar-refractivity contribution is 6.32. The van der Waals surface area contributed by atoms with E-state index in [0.717, 1.165) is 17.5 Å². The molecule has 6 heteroatoms. The van der Waals surface area contributed by atoms with Crippen LogP contribution in [0.2, 0.25) is 10.0 Å². The van der Waals surface area contributed by atoms with Gasteiger partial charge < -0.3 is 9.80 Å². The van der Waals surface area contributed by atoms with E-state index in [4.69, 9.17) is 23.2 Å². The maximum Gasteiger partial charge on any atom is 0.246 e.